The Kier molecular flexibility index (Phi) is 10.6. The van der Waals surface area contributed by atoms with Crippen molar-refractivity contribution in [2.45, 2.75) is 19.0 Å². The molecule has 38 heavy (non-hydrogen) atoms. The standard InChI is InChI=1S/C30H34ClN3O4/c31-26-13-7-8-14-28(26)38-23-29(35)34(22-25-11-5-2-6-12-25)27(21-24-9-3-1-4-10-24)30(36)32-15-16-33-17-19-37-20-18-33/h1-14,27H,15-23H2,(H,32,36)/t27-/m1/s1. The Morgan fingerprint density at radius 1 is 0.921 bits per heavy atom. The Hall–Kier alpha value is -3.39. The Morgan fingerprint density at radius 2 is 1.55 bits per heavy atom. The van der Waals surface area contributed by atoms with Crippen LogP contribution in [0.1, 0.15) is 11.1 Å². The molecule has 1 aliphatic rings. The van der Waals surface area contributed by atoms with E-state index in [9.17, 15) is 9.59 Å². The first-order chi connectivity index (χ1) is 18.6. The summed E-state index contributed by atoms with van der Waals surface area (Å²) < 4.78 is 11.2. The molecule has 1 N–H and O–H groups in total. The van der Waals surface area contributed by atoms with Crippen molar-refractivity contribution in [2.24, 2.45) is 0 Å². The number of benzene rings is 3. The third kappa shape index (κ3) is 8.31. The first-order valence-corrected chi connectivity index (χ1v) is 13.3. The van der Waals surface area contributed by atoms with E-state index in [4.69, 9.17) is 21.1 Å². The van der Waals surface area contributed by atoms with Crippen LogP contribution in [-0.2, 0) is 27.3 Å². The molecule has 0 aromatic heterocycles. The molecular formula is C30H34ClN3O4. The summed E-state index contributed by atoms with van der Waals surface area (Å²) in [7, 11) is 0. The molecule has 8 heteroatoms. The van der Waals surface area contributed by atoms with Crippen molar-refractivity contribution in [3.63, 3.8) is 0 Å². The fourth-order valence-electron chi connectivity index (χ4n) is 4.40. The van der Waals surface area contributed by atoms with E-state index in [0.717, 1.165) is 30.8 Å². The molecule has 4 rings (SSSR count). The molecule has 0 radical (unpaired) electrons. The van der Waals surface area contributed by atoms with Gasteiger partial charge in [0.25, 0.3) is 5.91 Å². The number of carbonyl (C=O) groups excluding carboxylic acids is 2. The third-order valence-corrected chi connectivity index (χ3v) is 6.80. The minimum absolute atomic E-state index is 0.191. The van der Waals surface area contributed by atoms with Gasteiger partial charge in [-0.05, 0) is 23.3 Å². The number of ether oxygens (including phenoxy) is 2. The quantitative estimate of drug-likeness (QED) is 0.382. The van der Waals surface area contributed by atoms with Crippen LogP contribution in [0.5, 0.6) is 5.75 Å². The number of morpholine rings is 1. The average Bonchev–Trinajstić information content (AvgIpc) is 2.96. The van der Waals surface area contributed by atoms with Crippen LogP contribution in [0.25, 0.3) is 0 Å². The van der Waals surface area contributed by atoms with Gasteiger partial charge in [0.2, 0.25) is 5.91 Å². The maximum atomic E-state index is 13.6. The Bertz CT molecular complexity index is 1160. The summed E-state index contributed by atoms with van der Waals surface area (Å²) in [6.45, 7) is 4.37. The fourth-order valence-corrected chi connectivity index (χ4v) is 4.59. The lowest BCUT2D eigenvalue weighted by Gasteiger charge is -2.32. The van der Waals surface area contributed by atoms with Crippen LogP contribution in [-0.4, -0.2) is 73.7 Å². The van der Waals surface area contributed by atoms with E-state index in [1.54, 1.807) is 29.2 Å². The topological polar surface area (TPSA) is 71.1 Å². The largest absolute Gasteiger partial charge is 0.482 e. The van der Waals surface area contributed by atoms with E-state index in [-0.39, 0.29) is 25.0 Å². The highest BCUT2D eigenvalue weighted by molar-refractivity contribution is 6.32. The van der Waals surface area contributed by atoms with Crippen molar-refractivity contribution in [1.82, 2.24) is 15.1 Å². The number of amides is 2. The SMILES string of the molecule is O=C(NCCN1CCOCC1)[C@@H](Cc1ccccc1)N(Cc1ccccc1)C(=O)COc1ccccc1Cl. The smallest absolute Gasteiger partial charge is 0.261 e. The third-order valence-electron chi connectivity index (χ3n) is 6.49. The zero-order valence-corrected chi connectivity index (χ0v) is 22.2. The molecule has 200 valence electrons. The maximum Gasteiger partial charge on any atom is 0.261 e. The monoisotopic (exact) mass is 535 g/mol. The number of hydrogen-bond donors (Lipinski definition) is 1. The minimum atomic E-state index is -0.718. The first kappa shape index (κ1) is 27.6. The van der Waals surface area contributed by atoms with Crippen LogP contribution in [0.4, 0.5) is 0 Å². The highest BCUT2D eigenvalue weighted by atomic mass is 35.5. The van der Waals surface area contributed by atoms with Crippen LogP contribution in [0.15, 0.2) is 84.9 Å². The van der Waals surface area contributed by atoms with Crippen molar-refractivity contribution >= 4 is 23.4 Å². The second-order valence-corrected chi connectivity index (χ2v) is 9.58. The van der Waals surface area contributed by atoms with E-state index < -0.39 is 6.04 Å². The molecule has 0 unspecified atom stereocenters. The van der Waals surface area contributed by atoms with Gasteiger partial charge < -0.3 is 19.7 Å². The normalized spacial score (nSPS) is 14.4. The second-order valence-electron chi connectivity index (χ2n) is 9.18. The van der Waals surface area contributed by atoms with Crippen LogP contribution < -0.4 is 10.1 Å². The predicted octanol–water partition coefficient (Wildman–Crippen LogP) is 3.81. The summed E-state index contributed by atoms with van der Waals surface area (Å²) in [6, 6.07) is 25.7. The van der Waals surface area contributed by atoms with Gasteiger partial charge >= 0.3 is 0 Å². The van der Waals surface area contributed by atoms with Crippen molar-refractivity contribution in [3.8, 4) is 5.75 Å². The summed E-state index contributed by atoms with van der Waals surface area (Å²) in [5, 5.41) is 3.50. The van der Waals surface area contributed by atoms with Crippen LogP contribution in [0.2, 0.25) is 5.02 Å². The van der Waals surface area contributed by atoms with Gasteiger partial charge in [-0.3, -0.25) is 14.5 Å². The van der Waals surface area contributed by atoms with Gasteiger partial charge in [-0.1, -0.05) is 84.4 Å². The lowest BCUT2D eigenvalue weighted by molar-refractivity contribution is -0.142. The molecule has 3 aromatic carbocycles. The molecule has 1 atom stereocenters. The molecule has 7 nitrogen and oxygen atoms in total. The molecule has 0 saturated carbocycles. The zero-order valence-electron chi connectivity index (χ0n) is 21.4. The highest BCUT2D eigenvalue weighted by Crippen LogP contribution is 2.23. The molecule has 1 aliphatic heterocycles. The number of para-hydroxylation sites is 1. The van der Waals surface area contributed by atoms with Crippen molar-refractivity contribution < 1.29 is 19.1 Å². The number of nitrogens with one attached hydrogen (secondary N) is 1. The van der Waals surface area contributed by atoms with Gasteiger partial charge in [0.15, 0.2) is 6.61 Å². The molecular weight excluding hydrogens is 502 g/mol. The van der Waals surface area contributed by atoms with E-state index >= 15 is 0 Å². The van der Waals surface area contributed by atoms with Crippen molar-refractivity contribution in [2.75, 3.05) is 46.0 Å². The Balaban J connectivity index is 1.53. The Morgan fingerprint density at radius 3 is 2.24 bits per heavy atom. The van der Waals surface area contributed by atoms with Crippen LogP contribution in [0, 0.1) is 0 Å². The molecule has 0 aliphatic carbocycles. The molecule has 1 saturated heterocycles. The van der Waals surface area contributed by atoms with Crippen molar-refractivity contribution in [1.29, 1.82) is 0 Å². The molecule has 1 heterocycles. The van der Waals surface area contributed by atoms with Gasteiger partial charge in [-0.15, -0.1) is 0 Å². The molecule has 2 amide bonds. The number of hydrogen-bond acceptors (Lipinski definition) is 5. The maximum absolute atomic E-state index is 13.6. The summed E-state index contributed by atoms with van der Waals surface area (Å²) in [5.74, 6) is -0.0566. The van der Waals surface area contributed by atoms with Gasteiger partial charge in [-0.2, -0.15) is 0 Å². The lowest BCUT2D eigenvalue weighted by Crippen LogP contribution is -2.52. The highest BCUT2D eigenvalue weighted by Gasteiger charge is 2.31. The molecule has 0 spiro atoms. The van der Waals surface area contributed by atoms with Gasteiger partial charge in [0.05, 0.1) is 18.2 Å². The van der Waals surface area contributed by atoms with E-state index in [0.29, 0.717) is 37.0 Å². The van der Waals surface area contributed by atoms with E-state index in [2.05, 4.69) is 10.2 Å². The molecule has 1 fully saturated rings. The summed E-state index contributed by atoms with van der Waals surface area (Å²) in [6.07, 6.45) is 0.384. The van der Waals surface area contributed by atoms with Crippen LogP contribution in [0.3, 0.4) is 0 Å². The van der Waals surface area contributed by atoms with Gasteiger partial charge in [-0.25, -0.2) is 0 Å². The van der Waals surface area contributed by atoms with E-state index in [1.165, 1.54) is 0 Å². The predicted molar refractivity (Wildman–Crippen MR) is 148 cm³/mol. The number of nitrogens with zero attached hydrogens (tertiary/aromatic N) is 2. The first-order valence-electron chi connectivity index (χ1n) is 12.9. The summed E-state index contributed by atoms with van der Waals surface area (Å²) >= 11 is 6.23. The van der Waals surface area contributed by atoms with Gasteiger partial charge in [0.1, 0.15) is 11.8 Å². The minimum Gasteiger partial charge on any atom is -0.482 e. The van der Waals surface area contributed by atoms with Gasteiger partial charge in [0, 0.05) is 39.1 Å². The molecule has 0 bridgehead atoms. The number of halogens is 1. The van der Waals surface area contributed by atoms with Crippen molar-refractivity contribution in [3.05, 3.63) is 101 Å². The van der Waals surface area contributed by atoms with Crippen LogP contribution >= 0.6 is 11.6 Å². The number of rotatable bonds is 12. The fraction of sp³-hybridized carbons (Fsp3) is 0.333. The summed E-state index contributed by atoms with van der Waals surface area (Å²) in [5.41, 5.74) is 1.90. The second kappa shape index (κ2) is 14.5. The van der Waals surface area contributed by atoms with E-state index in [1.807, 2.05) is 60.7 Å². The zero-order chi connectivity index (χ0) is 26.6. The number of carbonyl (C=O) groups is 2. The summed E-state index contributed by atoms with van der Waals surface area (Å²) in [4.78, 5) is 31.2. The lowest BCUT2D eigenvalue weighted by atomic mass is 10.0. The average molecular weight is 536 g/mol. The molecule has 3 aromatic rings. The Labute approximate surface area is 229 Å².